The molecule has 0 atom stereocenters. The number of aromatic amines is 1. The van der Waals surface area contributed by atoms with Crippen LogP contribution >= 0.6 is 15.9 Å². The highest BCUT2D eigenvalue weighted by molar-refractivity contribution is 9.10. The Morgan fingerprint density at radius 2 is 1.74 bits per heavy atom. The first-order valence-electron chi connectivity index (χ1n) is 6.14. The zero-order chi connectivity index (χ0) is 14.2. The highest BCUT2D eigenvalue weighted by Crippen LogP contribution is 2.23. The second-order valence-corrected chi connectivity index (χ2v) is 5.70. The molecule has 0 bridgehead atoms. The third kappa shape index (κ3) is 2.92. The first-order valence-corrected chi connectivity index (χ1v) is 6.93. The van der Waals surface area contributed by atoms with Crippen LogP contribution in [-0.4, -0.2) is 15.0 Å². The summed E-state index contributed by atoms with van der Waals surface area (Å²) in [6, 6.07) is 3.84. The zero-order valence-electron chi connectivity index (χ0n) is 11.4. The molecular formula is C14H16BrN3O. The number of hydrogen-bond donors (Lipinski definition) is 1. The van der Waals surface area contributed by atoms with Crippen LogP contribution < -0.4 is 5.56 Å². The molecule has 0 amide bonds. The van der Waals surface area contributed by atoms with Gasteiger partial charge in [0.25, 0.3) is 5.56 Å². The van der Waals surface area contributed by atoms with Gasteiger partial charge in [-0.05, 0) is 47.8 Å². The SMILES string of the molecule is Cc1cc(-c2nc(C(C)C)c(Br)c(=O)[nH]2)cc(C)n1. The average Bonchev–Trinajstić information content (AvgIpc) is 2.30. The molecule has 2 heterocycles. The largest absolute Gasteiger partial charge is 0.306 e. The van der Waals surface area contributed by atoms with Crippen LogP contribution in [0.1, 0.15) is 36.8 Å². The second-order valence-electron chi connectivity index (χ2n) is 4.91. The van der Waals surface area contributed by atoms with Gasteiger partial charge in [0, 0.05) is 17.0 Å². The van der Waals surface area contributed by atoms with Crippen molar-refractivity contribution in [3.05, 3.63) is 44.0 Å². The van der Waals surface area contributed by atoms with Crippen LogP contribution in [0.5, 0.6) is 0 Å². The first-order chi connectivity index (χ1) is 8.88. The molecule has 1 N–H and O–H groups in total. The minimum atomic E-state index is -0.152. The monoisotopic (exact) mass is 321 g/mol. The van der Waals surface area contributed by atoms with E-state index in [0.717, 1.165) is 22.6 Å². The molecule has 0 aliphatic rings. The van der Waals surface area contributed by atoms with Crippen LogP contribution in [0.3, 0.4) is 0 Å². The molecule has 2 aromatic rings. The van der Waals surface area contributed by atoms with Gasteiger partial charge < -0.3 is 4.98 Å². The van der Waals surface area contributed by atoms with Crippen molar-refractivity contribution < 1.29 is 0 Å². The highest BCUT2D eigenvalue weighted by Gasteiger charge is 2.13. The van der Waals surface area contributed by atoms with Gasteiger partial charge in [0.15, 0.2) is 0 Å². The summed E-state index contributed by atoms with van der Waals surface area (Å²) in [6.07, 6.45) is 0. The van der Waals surface area contributed by atoms with E-state index in [1.807, 2.05) is 39.8 Å². The highest BCUT2D eigenvalue weighted by atomic mass is 79.9. The summed E-state index contributed by atoms with van der Waals surface area (Å²) in [6.45, 7) is 7.88. The third-order valence-electron chi connectivity index (χ3n) is 2.79. The Hall–Kier alpha value is -1.49. The molecule has 4 nitrogen and oxygen atoms in total. The Morgan fingerprint density at radius 1 is 1.16 bits per heavy atom. The van der Waals surface area contributed by atoms with E-state index in [2.05, 4.69) is 30.9 Å². The predicted molar refractivity (Wildman–Crippen MR) is 79.4 cm³/mol. The topological polar surface area (TPSA) is 58.6 Å². The molecule has 0 saturated heterocycles. The number of rotatable bonds is 2. The maximum absolute atomic E-state index is 12.0. The molecule has 5 heteroatoms. The van der Waals surface area contributed by atoms with Gasteiger partial charge in [-0.3, -0.25) is 9.78 Å². The summed E-state index contributed by atoms with van der Waals surface area (Å²) in [5.74, 6) is 0.768. The van der Waals surface area contributed by atoms with Gasteiger partial charge >= 0.3 is 0 Å². The number of aryl methyl sites for hydroxylation is 2. The molecule has 2 rings (SSSR count). The van der Waals surface area contributed by atoms with E-state index < -0.39 is 0 Å². The van der Waals surface area contributed by atoms with Gasteiger partial charge in [0.1, 0.15) is 10.3 Å². The fourth-order valence-electron chi connectivity index (χ4n) is 1.97. The normalized spacial score (nSPS) is 11.1. The van der Waals surface area contributed by atoms with Crippen LogP contribution in [0.4, 0.5) is 0 Å². The predicted octanol–water partition coefficient (Wildman–Crippen LogP) is 3.33. The standard InChI is InChI=1S/C14H16BrN3O/c1-7(2)12-11(15)14(19)18-13(17-12)10-5-8(3)16-9(4)6-10/h5-7H,1-4H3,(H,17,18,19). The van der Waals surface area contributed by atoms with Crippen LogP contribution in [-0.2, 0) is 0 Å². The van der Waals surface area contributed by atoms with Crippen molar-refractivity contribution in [1.29, 1.82) is 0 Å². The van der Waals surface area contributed by atoms with E-state index in [0.29, 0.717) is 10.3 Å². The molecule has 0 radical (unpaired) electrons. The first kappa shape index (κ1) is 13.9. The molecule has 0 fully saturated rings. The number of halogens is 1. The zero-order valence-corrected chi connectivity index (χ0v) is 13.0. The quantitative estimate of drug-likeness (QED) is 0.922. The number of hydrogen-bond acceptors (Lipinski definition) is 3. The molecular weight excluding hydrogens is 306 g/mol. The van der Waals surface area contributed by atoms with Gasteiger partial charge in [-0.25, -0.2) is 4.98 Å². The van der Waals surface area contributed by atoms with Crippen LogP contribution in [0.25, 0.3) is 11.4 Å². The lowest BCUT2D eigenvalue weighted by Crippen LogP contribution is -2.14. The van der Waals surface area contributed by atoms with E-state index >= 15 is 0 Å². The molecule has 0 aliphatic carbocycles. The molecule has 0 unspecified atom stereocenters. The molecule has 19 heavy (non-hydrogen) atoms. The van der Waals surface area contributed by atoms with Crippen molar-refractivity contribution in [2.24, 2.45) is 0 Å². The van der Waals surface area contributed by atoms with Crippen molar-refractivity contribution in [2.45, 2.75) is 33.6 Å². The number of H-pyrrole nitrogens is 1. The lowest BCUT2D eigenvalue weighted by molar-refractivity contribution is 0.803. The maximum atomic E-state index is 12.0. The molecule has 0 spiro atoms. The van der Waals surface area contributed by atoms with Crippen LogP contribution in [0.15, 0.2) is 21.4 Å². The smallest absolute Gasteiger partial charge is 0.265 e. The number of aromatic nitrogens is 3. The number of pyridine rings is 1. The van der Waals surface area contributed by atoms with E-state index in [-0.39, 0.29) is 11.5 Å². The lowest BCUT2D eigenvalue weighted by Gasteiger charge is -2.10. The van der Waals surface area contributed by atoms with Crippen molar-refractivity contribution in [1.82, 2.24) is 15.0 Å². The Morgan fingerprint density at radius 3 is 2.26 bits per heavy atom. The van der Waals surface area contributed by atoms with Crippen molar-refractivity contribution in [3.8, 4) is 11.4 Å². The Balaban J connectivity index is 2.66. The van der Waals surface area contributed by atoms with Gasteiger partial charge in [-0.1, -0.05) is 13.8 Å². The summed E-state index contributed by atoms with van der Waals surface area (Å²) in [4.78, 5) is 23.6. The van der Waals surface area contributed by atoms with Gasteiger partial charge in [0.05, 0.1) is 5.69 Å². The fraction of sp³-hybridized carbons (Fsp3) is 0.357. The third-order valence-corrected chi connectivity index (χ3v) is 3.56. The number of nitrogens with one attached hydrogen (secondary N) is 1. The summed E-state index contributed by atoms with van der Waals surface area (Å²) in [5, 5.41) is 0. The Kier molecular flexibility index (Phi) is 3.85. The molecule has 2 aromatic heterocycles. The molecule has 0 aliphatic heterocycles. The summed E-state index contributed by atoms with van der Waals surface area (Å²) < 4.78 is 0.508. The van der Waals surface area contributed by atoms with Gasteiger partial charge in [-0.2, -0.15) is 0 Å². The van der Waals surface area contributed by atoms with Crippen molar-refractivity contribution in [2.75, 3.05) is 0 Å². The van der Waals surface area contributed by atoms with E-state index in [4.69, 9.17) is 0 Å². The minimum absolute atomic E-state index is 0.152. The van der Waals surface area contributed by atoms with Gasteiger partial charge in [0.2, 0.25) is 0 Å². The summed E-state index contributed by atoms with van der Waals surface area (Å²) in [7, 11) is 0. The minimum Gasteiger partial charge on any atom is -0.306 e. The molecule has 0 aromatic carbocycles. The van der Waals surface area contributed by atoms with E-state index in [1.54, 1.807) is 0 Å². The number of nitrogens with zero attached hydrogens (tertiary/aromatic N) is 2. The lowest BCUT2D eigenvalue weighted by atomic mass is 10.1. The Bertz CT molecular complexity index is 657. The average molecular weight is 322 g/mol. The van der Waals surface area contributed by atoms with Crippen LogP contribution in [0, 0.1) is 13.8 Å². The summed E-state index contributed by atoms with van der Waals surface area (Å²) in [5.41, 5.74) is 3.32. The summed E-state index contributed by atoms with van der Waals surface area (Å²) >= 11 is 3.30. The second kappa shape index (κ2) is 5.25. The van der Waals surface area contributed by atoms with E-state index in [1.165, 1.54) is 0 Å². The van der Waals surface area contributed by atoms with Crippen molar-refractivity contribution in [3.63, 3.8) is 0 Å². The van der Waals surface area contributed by atoms with Crippen LogP contribution in [0.2, 0.25) is 0 Å². The van der Waals surface area contributed by atoms with E-state index in [9.17, 15) is 4.79 Å². The van der Waals surface area contributed by atoms with Gasteiger partial charge in [-0.15, -0.1) is 0 Å². The fourth-order valence-corrected chi connectivity index (χ4v) is 2.61. The molecule has 0 saturated carbocycles. The molecule has 100 valence electrons. The maximum Gasteiger partial charge on any atom is 0.265 e. The van der Waals surface area contributed by atoms with Crippen molar-refractivity contribution >= 4 is 15.9 Å². The Labute approximate surface area is 120 Å².